The highest BCUT2D eigenvalue weighted by atomic mass is 32.2. The second-order valence-electron chi connectivity index (χ2n) is 6.44. The maximum Gasteiger partial charge on any atom is 0.338 e. The molecule has 2 aromatic carbocycles. The predicted octanol–water partition coefficient (Wildman–Crippen LogP) is 3.04. The van der Waals surface area contributed by atoms with Crippen molar-refractivity contribution in [2.24, 2.45) is 0 Å². The van der Waals surface area contributed by atoms with Crippen molar-refractivity contribution >= 4 is 33.3 Å². The zero-order valence-corrected chi connectivity index (χ0v) is 18.2. The molecule has 1 heterocycles. The van der Waals surface area contributed by atoms with E-state index in [2.05, 4.69) is 20.2 Å². The number of hydrogen-bond donors (Lipinski definition) is 3. The van der Waals surface area contributed by atoms with Gasteiger partial charge < -0.3 is 14.8 Å². The number of sulfonamides is 1. The van der Waals surface area contributed by atoms with Crippen molar-refractivity contribution in [3.8, 4) is 5.75 Å². The third kappa shape index (κ3) is 5.64. The monoisotopic (exact) mass is 458 g/mol. The summed E-state index contributed by atoms with van der Waals surface area (Å²) in [7, 11) is -4.00. The number of anilines is 2. The van der Waals surface area contributed by atoms with Crippen LogP contribution in [0, 0.1) is 0 Å². The van der Waals surface area contributed by atoms with E-state index in [-0.39, 0.29) is 22.9 Å². The van der Waals surface area contributed by atoms with Crippen molar-refractivity contribution in [2.45, 2.75) is 18.9 Å². The Labute approximate surface area is 185 Å². The van der Waals surface area contributed by atoms with E-state index in [0.29, 0.717) is 23.7 Å². The van der Waals surface area contributed by atoms with Gasteiger partial charge in [0.05, 0.1) is 18.8 Å². The van der Waals surface area contributed by atoms with Gasteiger partial charge in [0.15, 0.2) is 10.7 Å². The first-order chi connectivity index (χ1) is 15.3. The second-order valence-corrected chi connectivity index (χ2v) is 8.09. The van der Waals surface area contributed by atoms with E-state index >= 15 is 0 Å². The fourth-order valence-corrected chi connectivity index (χ4v) is 3.68. The molecule has 1 amide bonds. The number of esters is 1. The Hall–Kier alpha value is -3.86. The van der Waals surface area contributed by atoms with Gasteiger partial charge in [0.2, 0.25) is 0 Å². The maximum atomic E-state index is 12.6. The summed E-state index contributed by atoms with van der Waals surface area (Å²) in [4.78, 5) is 24.3. The number of hydrogen-bond acceptors (Lipinski definition) is 7. The van der Waals surface area contributed by atoms with Crippen molar-refractivity contribution in [3.05, 3.63) is 65.9 Å². The summed E-state index contributed by atoms with van der Waals surface area (Å²) in [5.74, 6) is -0.551. The first-order valence-corrected chi connectivity index (χ1v) is 11.2. The number of ether oxygens (including phenoxy) is 2. The number of benzene rings is 2. The van der Waals surface area contributed by atoms with Crippen LogP contribution in [0.2, 0.25) is 0 Å². The molecule has 3 rings (SSSR count). The SMILES string of the molecule is CCOC(=O)c1cccc(NC(=O)c2cc(S(=O)(=O)Nc3ccc(OCC)cc3)[nH]n2)c1. The van der Waals surface area contributed by atoms with Crippen molar-refractivity contribution in [1.82, 2.24) is 10.2 Å². The van der Waals surface area contributed by atoms with Crippen LogP contribution in [0.4, 0.5) is 11.4 Å². The van der Waals surface area contributed by atoms with E-state index in [1.165, 1.54) is 6.07 Å². The Bertz CT molecular complexity index is 1210. The Morgan fingerprint density at radius 1 is 1.00 bits per heavy atom. The Balaban J connectivity index is 1.69. The van der Waals surface area contributed by atoms with Crippen LogP contribution in [-0.2, 0) is 14.8 Å². The molecule has 10 nitrogen and oxygen atoms in total. The molecule has 11 heteroatoms. The molecular formula is C21H22N4O6S. The first-order valence-electron chi connectivity index (χ1n) is 9.72. The molecule has 3 aromatic rings. The minimum absolute atomic E-state index is 0.140. The molecule has 0 unspecified atom stereocenters. The van der Waals surface area contributed by atoms with Gasteiger partial charge in [0, 0.05) is 17.4 Å². The number of amides is 1. The first kappa shape index (κ1) is 22.8. The summed E-state index contributed by atoms with van der Waals surface area (Å²) in [6.07, 6.45) is 0. The molecule has 0 bridgehead atoms. The van der Waals surface area contributed by atoms with Gasteiger partial charge >= 0.3 is 5.97 Å². The Morgan fingerprint density at radius 3 is 2.44 bits per heavy atom. The number of nitrogens with zero attached hydrogens (tertiary/aromatic N) is 1. The molecule has 1 aromatic heterocycles. The molecule has 3 N–H and O–H groups in total. The molecule has 0 atom stereocenters. The van der Waals surface area contributed by atoms with Gasteiger partial charge in [-0.05, 0) is 56.3 Å². The smallest absolute Gasteiger partial charge is 0.338 e. The summed E-state index contributed by atoms with van der Waals surface area (Å²) in [5.41, 5.74) is 0.790. The van der Waals surface area contributed by atoms with Gasteiger partial charge in [-0.15, -0.1) is 0 Å². The van der Waals surface area contributed by atoms with Crippen LogP contribution < -0.4 is 14.8 Å². The topological polar surface area (TPSA) is 139 Å². The van der Waals surface area contributed by atoms with Crippen molar-refractivity contribution in [1.29, 1.82) is 0 Å². The van der Waals surface area contributed by atoms with Gasteiger partial charge in [-0.25, -0.2) is 4.79 Å². The van der Waals surface area contributed by atoms with Gasteiger partial charge in [0.1, 0.15) is 5.75 Å². The highest BCUT2D eigenvalue weighted by Crippen LogP contribution is 2.19. The highest BCUT2D eigenvalue weighted by Gasteiger charge is 2.20. The Kier molecular flexibility index (Phi) is 7.11. The normalized spacial score (nSPS) is 10.9. The quantitative estimate of drug-likeness (QED) is 0.419. The van der Waals surface area contributed by atoms with Gasteiger partial charge in [0.25, 0.3) is 15.9 Å². The van der Waals surface area contributed by atoms with Crippen LogP contribution in [0.5, 0.6) is 5.75 Å². The minimum atomic E-state index is -4.00. The molecule has 32 heavy (non-hydrogen) atoms. The van der Waals surface area contributed by atoms with Crippen molar-refractivity contribution in [3.63, 3.8) is 0 Å². The van der Waals surface area contributed by atoms with Crippen LogP contribution in [0.3, 0.4) is 0 Å². The zero-order chi connectivity index (χ0) is 23.1. The maximum absolute atomic E-state index is 12.6. The van der Waals surface area contributed by atoms with Gasteiger partial charge in [-0.1, -0.05) is 6.07 Å². The van der Waals surface area contributed by atoms with E-state index in [9.17, 15) is 18.0 Å². The van der Waals surface area contributed by atoms with E-state index in [1.807, 2.05) is 6.92 Å². The number of carbonyl (C=O) groups excluding carboxylic acids is 2. The molecule has 168 valence electrons. The standard InChI is InChI=1S/C21H22N4O6S/c1-3-30-17-10-8-15(9-11-17)25-32(28,29)19-13-18(23-24-19)20(26)22-16-7-5-6-14(12-16)21(27)31-4-2/h5-13,25H,3-4H2,1-2H3,(H,22,26)(H,23,24). The van der Waals surface area contributed by atoms with Crippen LogP contribution in [0.15, 0.2) is 59.6 Å². The van der Waals surface area contributed by atoms with Crippen LogP contribution in [-0.4, -0.2) is 43.7 Å². The molecule has 0 aliphatic carbocycles. The fraction of sp³-hybridized carbons (Fsp3) is 0.190. The lowest BCUT2D eigenvalue weighted by molar-refractivity contribution is 0.0526. The lowest BCUT2D eigenvalue weighted by atomic mass is 10.2. The van der Waals surface area contributed by atoms with Crippen LogP contribution >= 0.6 is 0 Å². The molecule has 0 saturated carbocycles. The summed E-state index contributed by atoms with van der Waals surface area (Å²) < 4.78 is 37.8. The third-order valence-corrected chi connectivity index (χ3v) is 5.42. The third-order valence-electron chi connectivity index (χ3n) is 4.13. The summed E-state index contributed by atoms with van der Waals surface area (Å²) in [6.45, 7) is 4.26. The number of nitrogens with one attached hydrogen (secondary N) is 3. The number of H-pyrrole nitrogens is 1. The second kappa shape index (κ2) is 9.96. The average Bonchev–Trinajstić information content (AvgIpc) is 3.27. The van der Waals surface area contributed by atoms with E-state index in [0.717, 1.165) is 6.07 Å². The number of aromatic amines is 1. The zero-order valence-electron chi connectivity index (χ0n) is 17.4. The Morgan fingerprint density at radius 2 is 1.75 bits per heavy atom. The molecule has 0 fully saturated rings. The van der Waals surface area contributed by atoms with Gasteiger partial charge in [-0.3, -0.25) is 14.6 Å². The number of carbonyl (C=O) groups is 2. The molecule has 0 saturated heterocycles. The fourth-order valence-electron chi connectivity index (χ4n) is 2.69. The van der Waals surface area contributed by atoms with E-state index in [4.69, 9.17) is 9.47 Å². The van der Waals surface area contributed by atoms with Gasteiger partial charge in [-0.2, -0.15) is 13.5 Å². The summed E-state index contributed by atoms with van der Waals surface area (Å²) >= 11 is 0. The van der Waals surface area contributed by atoms with E-state index < -0.39 is 21.9 Å². The average molecular weight is 458 g/mol. The predicted molar refractivity (Wildman–Crippen MR) is 117 cm³/mol. The highest BCUT2D eigenvalue weighted by molar-refractivity contribution is 7.92. The molecule has 0 aliphatic heterocycles. The number of rotatable bonds is 9. The van der Waals surface area contributed by atoms with Crippen LogP contribution in [0.1, 0.15) is 34.7 Å². The molecule has 0 radical (unpaired) electrons. The lowest BCUT2D eigenvalue weighted by Crippen LogP contribution is -2.14. The summed E-state index contributed by atoms with van der Waals surface area (Å²) in [5, 5.41) is 8.42. The van der Waals surface area contributed by atoms with E-state index in [1.54, 1.807) is 49.4 Å². The molecular weight excluding hydrogens is 436 g/mol. The van der Waals surface area contributed by atoms with Crippen molar-refractivity contribution < 1.29 is 27.5 Å². The largest absolute Gasteiger partial charge is 0.494 e. The minimum Gasteiger partial charge on any atom is -0.494 e. The van der Waals surface area contributed by atoms with Crippen LogP contribution in [0.25, 0.3) is 0 Å². The lowest BCUT2D eigenvalue weighted by Gasteiger charge is -2.07. The van der Waals surface area contributed by atoms with Crippen molar-refractivity contribution in [2.75, 3.05) is 23.3 Å². The molecule has 0 spiro atoms. The number of aromatic nitrogens is 2. The molecule has 0 aliphatic rings. The summed E-state index contributed by atoms with van der Waals surface area (Å²) in [6, 6.07) is 13.7.